The van der Waals surface area contributed by atoms with Crippen LogP contribution in [-0.4, -0.2) is 21.9 Å². The molecule has 0 aliphatic heterocycles. The minimum atomic E-state index is -0.149. The summed E-state index contributed by atoms with van der Waals surface area (Å²) in [6, 6.07) is 2.24. The zero-order valence-corrected chi connectivity index (χ0v) is 16.0. The summed E-state index contributed by atoms with van der Waals surface area (Å²) in [5, 5.41) is 21.6. The van der Waals surface area contributed by atoms with Crippen LogP contribution in [0.2, 0.25) is 0 Å². The molecule has 26 heavy (non-hydrogen) atoms. The molecule has 0 radical (unpaired) electrons. The van der Waals surface area contributed by atoms with E-state index in [9.17, 15) is 10.1 Å². The summed E-state index contributed by atoms with van der Waals surface area (Å²) >= 11 is 2.78. The van der Waals surface area contributed by atoms with Crippen molar-refractivity contribution in [3.05, 3.63) is 21.9 Å². The van der Waals surface area contributed by atoms with Gasteiger partial charge in [-0.1, -0.05) is 31.0 Å². The largest absolute Gasteiger partial charge is 0.416 e. The molecule has 1 amide bonds. The highest BCUT2D eigenvalue weighted by Crippen LogP contribution is 2.38. The molecule has 1 fully saturated rings. The van der Waals surface area contributed by atoms with Crippen molar-refractivity contribution >= 4 is 34.0 Å². The second-order valence-corrected chi connectivity index (χ2v) is 8.78. The lowest BCUT2D eigenvalue weighted by Gasteiger charge is -2.17. The van der Waals surface area contributed by atoms with Crippen molar-refractivity contribution in [1.82, 2.24) is 10.2 Å². The minimum absolute atomic E-state index is 0.149. The molecule has 4 rings (SSSR count). The molecule has 0 aromatic carbocycles. The zero-order chi connectivity index (χ0) is 17.9. The molecule has 1 N–H and O–H groups in total. The van der Waals surface area contributed by atoms with Gasteiger partial charge in [-0.15, -0.1) is 21.5 Å². The monoisotopic (exact) mass is 388 g/mol. The molecule has 2 aromatic rings. The van der Waals surface area contributed by atoms with E-state index in [1.54, 1.807) is 0 Å². The third kappa shape index (κ3) is 3.64. The normalized spacial score (nSPS) is 17.0. The Morgan fingerprint density at radius 3 is 2.92 bits per heavy atom. The lowest BCUT2D eigenvalue weighted by Crippen LogP contribution is -2.14. The SMILES string of the molecule is N#Cc1c(NC(=O)CSc2nnc(C3CCCCC3)o2)sc2c1CCC2. The molecule has 0 spiro atoms. The summed E-state index contributed by atoms with van der Waals surface area (Å²) in [5.41, 5.74) is 1.76. The summed E-state index contributed by atoms with van der Waals surface area (Å²) < 4.78 is 5.73. The van der Waals surface area contributed by atoms with Crippen LogP contribution < -0.4 is 5.32 Å². The Morgan fingerprint density at radius 2 is 2.12 bits per heavy atom. The fraction of sp³-hybridized carbons (Fsp3) is 0.556. The Labute approximate surface area is 160 Å². The molecule has 1 saturated carbocycles. The first kappa shape index (κ1) is 17.6. The Kier molecular flexibility index (Phi) is 5.27. The van der Waals surface area contributed by atoms with Crippen molar-refractivity contribution in [1.29, 1.82) is 5.26 Å². The van der Waals surface area contributed by atoms with Gasteiger partial charge in [-0.2, -0.15) is 5.26 Å². The molecule has 2 aromatic heterocycles. The van der Waals surface area contributed by atoms with Crippen molar-refractivity contribution in [2.45, 2.75) is 62.5 Å². The van der Waals surface area contributed by atoms with Gasteiger partial charge in [0.2, 0.25) is 11.8 Å². The van der Waals surface area contributed by atoms with E-state index in [0.717, 1.165) is 37.7 Å². The van der Waals surface area contributed by atoms with Gasteiger partial charge in [0.05, 0.1) is 11.3 Å². The van der Waals surface area contributed by atoms with E-state index in [1.165, 1.54) is 47.2 Å². The highest BCUT2D eigenvalue weighted by Gasteiger charge is 2.24. The van der Waals surface area contributed by atoms with Crippen LogP contribution in [0.1, 0.15) is 66.3 Å². The van der Waals surface area contributed by atoms with Crippen LogP contribution in [0.25, 0.3) is 0 Å². The highest BCUT2D eigenvalue weighted by atomic mass is 32.2. The number of carbonyl (C=O) groups excluding carboxylic acids is 1. The number of nitriles is 1. The minimum Gasteiger partial charge on any atom is -0.416 e. The summed E-state index contributed by atoms with van der Waals surface area (Å²) in [5.74, 6) is 1.11. The molecule has 2 aliphatic rings. The number of thioether (sulfide) groups is 1. The second-order valence-electron chi connectivity index (χ2n) is 6.75. The van der Waals surface area contributed by atoms with Crippen LogP contribution in [0.4, 0.5) is 5.00 Å². The third-order valence-electron chi connectivity index (χ3n) is 4.99. The molecular weight excluding hydrogens is 368 g/mol. The molecule has 0 bridgehead atoms. The molecule has 136 valence electrons. The topological polar surface area (TPSA) is 91.8 Å². The van der Waals surface area contributed by atoms with Gasteiger partial charge in [0.25, 0.3) is 5.22 Å². The number of fused-ring (bicyclic) bond motifs is 1. The van der Waals surface area contributed by atoms with E-state index in [4.69, 9.17) is 4.42 Å². The predicted molar refractivity (Wildman–Crippen MR) is 101 cm³/mol. The summed E-state index contributed by atoms with van der Waals surface area (Å²) in [4.78, 5) is 13.5. The summed E-state index contributed by atoms with van der Waals surface area (Å²) in [7, 11) is 0. The first-order valence-corrected chi connectivity index (χ1v) is 10.9. The Balaban J connectivity index is 1.33. The highest BCUT2D eigenvalue weighted by molar-refractivity contribution is 7.99. The van der Waals surface area contributed by atoms with Crippen LogP contribution in [-0.2, 0) is 17.6 Å². The molecule has 6 nitrogen and oxygen atoms in total. The van der Waals surface area contributed by atoms with Gasteiger partial charge in [-0.3, -0.25) is 4.79 Å². The van der Waals surface area contributed by atoms with Crippen LogP contribution >= 0.6 is 23.1 Å². The average Bonchev–Trinajstić information content (AvgIpc) is 3.36. The second kappa shape index (κ2) is 7.80. The fourth-order valence-electron chi connectivity index (χ4n) is 3.69. The number of anilines is 1. The van der Waals surface area contributed by atoms with Crippen LogP contribution in [0.15, 0.2) is 9.64 Å². The quantitative estimate of drug-likeness (QED) is 0.769. The van der Waals surface area contributed by atoms with E-state index in [2.05, 4.69) is 21.6 Å². The Morgan fingerprint density at radius 1 is 1.27 bits per heavy atom. The van der Waals surface area contributed by atoms with E-state index in [-0.39, 0.29) is 11.7 Å². The summed E-state index contributed by atoms with van der Waals surface area (Å²) in [6.45, 7) is 0. The number of hydrogen-bond acceptors (Lipinski definition) is 7. The number of aryl methyl sites for hydroxylation is 1. The third-order valence-corrected chi connectivity index (χ3v) is 7.01. The van der Waals surface area contributed by atoms with Crippen molar-refractivity contribution in [2.24, 2.45) is 0 Å². The lowest BCUT2D eigenvalue weighted by atomic mass is 9.89. The van der Waals surface area contributed by atoms with Crippen LogP contribution in [0, 0.1) is 11.3 Å². The Bertz CT molecular complexity index is 846. The van der Waals surface area contributed by atoms with Gasteiger partial charge in [0.1, 0.15) is 11.1 Å². The molecule has 0 unspecified atom stereocenters. The molecular formula is C18H20N4O2S2. The number of carbonyl (C=O) groups is 1. The molecule has 2 aliphatic carbocycles. The number of aromatic nitrogens is 2. The van der Waals surface area contributed by atoms with Gasteiger partial charge in [0.15, 0.2) is 0 Å². The smallest absolute Gasteiger partial charge is 0.277 e. The number of nitrogens with zero attached hydrogens (tertiary/aromatic N) is 3. The summed E-state index contributed by atoms with van der Waals surface area (Å²) in [6.07, 6.45) is 8.95. The molecule has 0 atom stereocenters. The van der Waals surface area contributed by atoms with E-state index in [1.807, 2.05) is 0 Å². The van der Waals surface area contributed by atoms with Gasteiger partial charge in [0, 0.05) is 10.8 Å². The van der Waals surface area contributed by atoms with Crippen molar-refractivity contribution in [3.63, 3.8) is 0 Å². The van der Waals surface area contributed by atoms with Gasteiger partial charge < -0.3 is 9.73 Å². The number of amides is 1. The van der Waals surface area contributed by atoms with Crippen molar-refractivity contribution in [2.75, 3.05) is 11.1 Å². The van der Waals surface area contributed by atoms with Crippen LogP contribution in [0.5, 0.6) is 0 Å². The first-order valence-electron chi connectivity index (χ1n) is 9.05. The molecule has 8 heteroatoms. The van der Waals surface area contributed by atoms with Gasteiger partial charge >= 0.3 is 0 Å². The fourth-order valence-corrected chi connectivity index (χ4v) is 5.52. The maximum Gasteiger partial charge on any atom is 0.277 e. The van der Waals surface area contributed by atoms with Crippen molar-refractivity contribution < 1.29 is 9.21 Å². The molecule has 2 heterocycles. The number of nitrogens with one attached hydrogen (secondary N) is 1. The molecule has 0 saturated heterocycles. The number of rotatable bonds is 5. The van der Waals surface area contributed by atoms with Gasteiger partial charge in [-0.05, 0) is 37.7 Å². The average molecular weight is 389 g/mol. The first-order chi connectivity index (χ1) is 12.7. The predicted octanol–water partition coefficient (Wildman–Crippen LogP) is 4.27. The zero-order valence-electron chi connectivity index (χ0n) is 14.4. The lowest BCUT2D eigenvalue weighted by molar-refractivity contribution is -0.113. The van der Waals surface area contributed by atoms with Crippen LogP contribution in [0.3, 0.4) is 0 Å². The van der Waals surface area contributed by atoms with E-state index >= 15 is 0 Å². The van der Waals surface area contributed by atoms with E-state index in [0.29, 0.717) is 27.6 Å². The maximum absolute atomic E-state index is 12.3. The number of thiophene rings is 1. The number of hydrogen-bond donors (Lipinski definition) is 1. The maximum atomic E-state index is 12.3. The Hall–Kier alpha value is -1.85. The van der Waals surface area contributed by atoms with E-state index < -0.39 is 0 Å². The standard InChI is InChI=1S/C18H20N4O2S2/c19-9-13-12-7-4-8-14(12)26-17(13)20-15(23)10-25-18-22-21-16(24-18)11-5-2-1-3-6-11/h11H,1-8,10H2,(H,20,23). The van der Waals surface area contributed by atoms with Gasteiger partial charge in [-0.25, -0.2) is 0 Å². The van der Waals surface area contributed by atoms with Crippen molar-refractivity contribution in [3.8, 4) is 6.07 Å².